The number of amides is 2. The molecule has 2 aliphatic heterocycles. The molecule has 0 radical (unpaired) electrons. The van der Waals surface area contributed by atoms with E-state index in [-0.39, 0.29) is 24.4 Å². The summed E-state index contributed by atoms with van der Waals surface area (Å²) >= 11 is 0. The van der Waals surface area contributed by atoms with Gasteiger partial charge in [-0.1, -0.05) is 0 Å². The third-order valence-corrected chi connectivity index (χ3v) is 4.48. The highest BCUT2D eigenvalue weighted by Gasteiger charge is 2.29. The van der Waals surface area contributed by atoms with Crippen LogP contribution in [0, 0.1) is 0 Å². The highest BCUT2D eigenvalue weighted by molar-refractivity contribution is 5.98. The summed E-state index contributed by atoms with van der Waals surface area (Å²) in [5.74, 6) is 0.347. The van der Waals surface area contributed by atoms with Crippen LogP contribution in [0.2, 0.25) is 0 Å². The van der Waals surface area contributed by atoms with Crippen LogP contribution in [-0.2, 0) is 22.6 Å². The molecule has 1 aromatic heterocycles. The molecule has 0 bridgehead atoms. The lowest BCUT2D eigenvalue weighted by atomic mass is 10.1. The van der Waals surface area contributed by atoms with E-state index in [9.17, 15) is 9.59 Å². The van der Waals surface area contributed by atoms with Crippen LogP contribution in [0.3, 0.4) is 0 Å². The maximum absolute atomic E-state index is 12.3. The zero-order valence-corrected chi connectivity index (χ0v) is 14.6. The summed E-state index contributed by atoms with van der Waals surface area (Å²) in [6.45, 7) is 5.33. The van der Waals surface area contributed by atoms with E-state index in [1.165, 1.54) is 7.11 Å². The number of morpholine rings is 1. The van der Waals surface area contributed by atoms with Crippen LogP contribution in [0.4, 0.5) is 0 Å². The summed E-state index contributed by atoms with van der Waals surface area (Å²) in [5.41, 5.74) is 2.02. The molecule has 3 heterocycles. The summed E-state index contributed by atoms with van der Waals surface area (Å²) in [7, 11) is 1.54. The van der Waals surface area contributed by atoms with Crippen LogP contribution in [0.25, 0.3) is 0 Å². The Kier molecular flexibility index (Phi) is 5.50. The van der Waals surface area contributed by atoms with Crippen molar-refractivity contribution < 1.29 is 19.1 Å². The van der Waals surface area contributed by atoms with E-state index in [2.05, 4.69) is 15.6 Å². The summed E-state index contributed by atoms with van der Waals surface area (Å²) in [6, 6.07) is 1.81. The van der Waals surface area contributed by atoms with Gasteiger partial charge in [0.25, 0.3) is 5.91 Å². The van der Waals surface area contributed by atoms with E-state index in [0.717, 1.165) is 12.2 Å². The SMILES string of the molecule is CCN1Cc2nc(OC)c(CNC(=O)C[C@H]3COCCN3)cc2C1=O. The molecule has 0 aromatic carbocycles. The number of fused-ring (bicyclic) bond motifs is 1. The van der Waals surface area contributed by atoms with E-state index in [4.69, 9.17) is 9.47 Å². The van der Waals surface area contributed by atoms with Crippen molar-refractivity contribution in [1.82, 2.24) is 20.5 Å². The molecule has 2 N–H and O–H groups in total. The van der Waals surface area contributed by atoms with Gasteiger partial charge in [-0.15, -0.1) is 0 Å². The van der Waals surface area contributed by atoms with Crippen molar-refractivity contribution in [1.29, 1.82) is 0 Å². The average molecular weight is 348 g/mol. The number of nitrogens with one attached hydrogen (secondary N) is 2. The molecule has 1 saturated heterocycles. The van der Waals surface area contributed by atoms with Gasteiger partial charge >= 0.3 is 0 Å². The molecule has 25 heavy (non-hydrogen) atoms. The van der Waals surface area contributed by atoms with Crippen molar-refractivity contribution in [3.63, 3.8) is 0 Å². The predicted molar refractivity (Wildman–Crippen MR) is 90.3 cm³/mol. The lowest BCUT2D eigenvalue weighted by Gasteiger charge is -2.23. The number of hydrogen-bond donors (Lipinski definition) is 2. The van der Waals surface area contributed by atoms with Crippen LogP contribution < -0.4 is 15.4 Å². The molecule has 1 fully saturated rings. The molecule has 0 saturated carbocycles. The van der Waals surface area contributed by atoms with Gasteiger partial charge < -0.3 is 25.0 Å². The molecule has 2 amide bonds. The van der Waals surface area contributed by atoms with Crippen molar-refractivity contribution >= 4 is 11.8 Å². The van der Waals surface area contributed by atoms with Crippen molar-refractivity contribution in [2.75, 3.05) is 33.4 Å². The number of carbonyl (C=O) groups is 2. The summed E-state index contributed by atoms with van der Waals surface area (Å²) in [6.07, 6.45) is 0.350. The summed E-state index contributed by atoms with van der Waals surface area (Å²) in [4.78, 5) is 30.6. The molecule has 8 heteroatoms. The van der Waals surface area contributed by atoms with Crippen LogP contribution in [0.15, 0.2) is 6.07 Å². The Bertz CT molecular complexity index is 658. The van der Waals surface area contributed by atoms with Crippen LogP contribution in [0.5, 0.6) is 5.88 Å². The van der Waals surface area contributed by atoms with Crippen molar-refractivity contribution in [2.45, 2.75) is 32.5 Å². The Balaban J connectivity index is 1.65. The average Bonchev–Trinajstić information content (AvgIpc) is 2.95. The van der Waals surface area contributed by atoms with Gasteiger partial charge in [-0.2, -0.15) is 0 Å². The van der Waals surface area contributed by atoms with Crippen molar-refractivity contribution in [3.8, 4) is 5.88 Å². The molecular weight excluding hydrogens is 324 g/mol. The second-order valence-corrected chi connectivity index (χ2v) is 6.18. The molecule has 136 valence electrons. The minimum absolute atomic E-state index is 0.0243. The lowest BCUT2D eigenvalue weighted by Crippen LogP contribution is -2.44. The van der Waals surface area contributed by atoms with Gasteiger partial charge in [0.05, 0.1) is 38.1 Å². The third-order valence-electron chi connectivity index (χ3n) is 4.48. The Hall–Kier alpha value is -2.19. The van der Waals surface area contributed by atoms with E-state index >= 15 is 0 Å². The summed E-state index contributed by atoms with van der Waals surface area (Å²) < 4.78 is 10.7. The first-order chi connectivity index (χ1) is 12.1. The number of rotatable bonds is 6. The third kappa shape index (κ3) is 3.91. The largest absolute Gasteiger partial charge is 0.481 e. The fraction of sp³-hybridized carbons (Fsp3) is 0.588. The lowest BCUT2D eigenvalue weighted by molar-refractivity contribution is -0.122. The molecule has 8 nitrogen and oxygen atoms in total. The van der Waals surface area contributed by atoms with Gasteiger partial charge in [-0.3, -0.25) is 9.59 Å². The van der Waals surface area contributed by atoms with Crippen molar-refractivity contribution in [2.24, 2.45) is 0 Å². The van der Waals surface area contributed by atoms with Gasteiger partial charge in [0.15, 0.2) is 0 Å². The zero-order valence-electron chi connectivity index (χ0n) is 14.6. The van der Waals surface area contributed by atoms with Gasteiger partial charge in [-0.05, 0) is 13.0 Å². The highest BCUT2D eigenvalue weighted by atomic mass is 16.5. The van der Waals surface area contributed by atoms with E-state index in [1.807, 2.05) is 6.92 Å². The molecule has 2 aliphatic rings. The molecule has 0 spiro atoms. The van der Waals surface area contributed by atoms with E-state index in [0.29, 0.717) is 49.7 Å². The predicted octanol–water partition coefficient (Wildman–Crippen LogP) is 0.0606. The molecule has 1 atom stereocenters. The minimum atomic E-state index is -0.0768. The van der Waals surface area contributed by atoms with Crippen molar-refractivity contribution in [3.05, 3.63) is 22.9 Å². The Morgan fingerprint density at radius 2 is 2.40 bits per heavy atom. The zero-order chi connectivity index (χ0) is 17.8. The normalized spacial score (nSPS) is 19.7. The van der Waals surface area contributed by atoms with Gasteiger partial charge in [0, 0.05) is 37.7 Å². The standard InChI is InChI=1S/C17H24N4O4/c1-3-21-9-14-13(17(21)23)6-11(16(20-14)24-2)8-19-15(22)7-12-10-25-5-4-18-12/h6,12,18H,3-5,7-10H2,1-2H3,(H,19,22)/t12-/m0/s1. The number of nitrogens with zero attached hydrogens (tertiary/aromatic N) is 2. The number of aromatic nitrogens is 1. The second-order valence-electron chi connectivity index (χ2n) is 6.18. The van der Waals surface area contributed by atoms with Gasteiger partial charge in [0.1, 0.15) is 0 Å². The minimum Gasteiger partial charge on any atom is -0.481 e. The number of pyridine rings is 1. The Morgan fingerprint density at radius 3 is 3.08 bits per heavy atom. The second kappa shape index (κ2) is 7.79. The van der Waals surface area contributed by atoms with Crippen LogP contribution >= 0.6 is 0 Å². The fourth-order valence-corrected chi connectivity index (χ4v) is 3.10. The van der Waals surface area contributed by atoms with Crippen LogP contribution in [0.1, 0.15) is 35.0 Å². The maximum atomic E-state index is 12.3. The number of hydrogen-bond acceptors (Lipinski definition) is 6. The highest BCUT2D eigenvalue weighted by Crippen LogP contribution is 2.26. The fourth-order valence-electron chi connectivity index (χ4n) is 3.10. The molecular formula is C17H24N4O4. The number of methoxy groups -OCH3 is 1. The van der Waals surface area contributed by atoms with Crippen LogP contribution in [-0.4, -0.2) is 61.2 Å². The number of ether oxygens (including phenoxy) is 2. The van der Waals surface area contributed by atoms with Gasteiger partial charge in [0.2, 0.25) is 11.8 Å². The van der Waals surface area contributed by atoms with E-state index in [1.54, 1.807) is 11.0 Å². The first-order valence-corrected chi connectivity index (χ1v) is 8.56. The Labute approximate surface area is 146 Å². The number of carbonyl (C=O) groups excluding carboxylic acids is 2. The molecule has 1 aromatic rings. The quantitative estimate of drug-likeness (QED) is 0.755. The maximum Gasteiger partial charge on any atom is 0.256 e. The molecule has 3 rings (SSSR count). The first kappa shape index (κ1) is 17.6. The monoisotopic (exact) mass is 348 g/mol. The molecule has 0 unspecified atom stereocenters. The first-order valence-electron chi connectivity index (χ1n) is 8.56. The summed E-state index contributed by atoms with van der Waals surface area (Å²) in [5, 5.41) is 6.12. The topological polar surface area (TPSA) is 92.8 Å². The smallest absolute Gasteiger partial charge is 0.256 e. The Morgan fingerprint density at radius 1 is 1.56 bits per heavy atom. The van der Waals surface area contributed by atoms with Gasteiger partial charge in [-0.25, -0.2) is 4.98 Å². The van der Waals surface area contributed by atoms with E-state index < -0.39 is 0 Å². The molecule has 0 aliphatic carbocycles.